The number of rotatable bonds is 3. The van der Waals surface area contributed by atoms with Crippen LogP contribution >= 0.6 is 11.6 Å². The smallest absolute Gasteiger partial charge is 0.328 e. The van der Waals surface area contributed by atoms with Crippen molar-refractivity contribution in [1.29, 1.82) is 0 Å². The van der Waals surface area contributed by atoms with Crippen molar-refractivity contribution in [3.05, 3.63) is 35.7 Å². The van der Waals surface area contributed by atoms with Gasteiger partial charge >= 0.3 is 5.38 Å². The molecule has 1 N–H and O–H groups in total. The van der Waals surface area contributed by atoms with E-state index in [-0.39, 0.29) is 37.1 Å². The van der Waals surface area contributed by atoms with Crippen LogP contribution in [0.25, 0.3) is 11.4 Å². The molecule has 4 heterocycles. The van der Waals surface area contributed by atoms with Crippen molar-refractivity contribution in [2.24, 2.45) is 0 Å². The van der Waals surface area contributed by atoms with E-state index in [1.165, 1.54) is 21.7 Å². The zero-order valence-electron chi connectivity index (χ0n) is 13.0. The number of alkyl halides is 3. The fourth-order valence-corrected chi connectivity index (χ4v) is 2.78. The van der Waals surface area contributed by atoms with Crippen LogP contribution in [-0.2, 0) is 18.5 Å². The first-order valence-corrected chi connectivity index (χ1v) is 7.79. The summed E-state index contributed by atoms with van der Waals surface area (Å²) in [4.78, 5) is 18.2. The molecule has 10 nitrogen and oxygen atoms in total. The summed E-state index contributed by atoms with van der Waals surface area (Å²) in [6.45, 7) is 0.359. The van der Waals surface area contributed by atoms with Crippen molar-refractivity contribution < 1.29 is 13.6 Å². The van der Waals surface area contributed by atoms with Crippen LogP contribution in [0.1, 0.15) is 22.1 Å². The first kappa shape index (κ1) is 16.4. The second-order valence-corrected chi connectivity index (χ2v) is 5.96. The number of nitrogens with one attached hydrogen (secondary N) is 1. The molecular weight excluding hydrogens is 372 g/mol. The third-order valence-corrected chi connectivity index (χ3v) is 4.05. The number of hydrogen-bond acceptors (Lipinski definition) is 7. The third kappa shape index (κ3) is 2.87. The average Bonchev–Trinajstić information content (AvgIpc) is 3.30. The molecule has 0 aliphatic carbocycles. The lowest BCUT2D eigenvalue weighted by atomic mass is 10.2. The number of hydrogen-bond donors (Lipinski definition) is 1. The Labute approximate surface area is 149 Å². The van der Waals surface area contributed by atoms with Crippen LogP contribution in [-0.4, -0.2) is 57.7 Å². The number of halogens is 3. The van der Waals surface area contributed by atoms with Gasteiger partial charge in [-0.25, -0.2) is 0 Å². The van der Waals surface area contributed by atoms with Crippen molar-refractivity contribution in [3.8, 4) is 11.4 Å². The molecule has 0 saturated carbocycles. The van der Waals surface area contributed by atoms with E-state index >= 15 is 0 Å². The first-order chi connectivity index (χ1) is 12.4. The normalized spacial score (nSPS) is 14.3. The average molecular weight is 382 g/mol. The molecule has 1 amide bonds. The zero-order chi connectivity index (χ0) is 18.3. The van der Waals surface area contributed by atoms with Crippen LogP contribution in [0.2, 0.25) is 0 Å². The largest absolute Gasteiger partial charge is 0.381 e. The molecule has 1 aliphatic heterocycles. The van der Waals surface area contributed by atoms with Gasteiger partial charge in [0, 0.05) is 24.8 Å². The van der Waals surface area contributed by atoms with Gasteiger partial charge in [-0.15, -0.1) is 20.4 Å². The van der Waals surface area contributed by atoms with Crippen molar-refractivity contribution in [3.63, 3.8) is 0 Å². The lowest BCUT2D eigenvalue weighted by Crippen LogP contribution is -2.39. The molecule has 4 rings (SSSR count). The van der Waals surface area contributed by atoms with Crippen molar-refractivity contribution in [2.45, 2.75) is 18.5 Å². The van der Waals surface area contributed by atoms with E-state index in [1.807, 2.05) is 0 Å². The molecule has 0 atom stereocenters. The maximum absolute atomic E-state index is 13.3. The van der Waals surface area contributed by atoms with Crippen LogP contribution in [0.4, 0.5) is 8.78 Å². The molecule has 0 radical (unpaired) electrons. The quantitative estimate of drug-likeness (QED) is 0.666. The van der Waals surface area contributed by atoms with Gasteiger partial charge in [-0.3, -0.25) is 9.78 Å². The Morgan fingerprint density at radius 1 is 1.23 bits per heavy atom. The van der Waals surface area contributed by atoms with Gasteiger partial charge in [-0.2, -0.15) is 14.0 Å². The number of carbonyl (C=O) groups is 1. The summed E-state index contributed by atoms with van der Waals surface area (Å²) in [7, 11) is 0. The van der Waals surface area contributed by atoms with E-state index in [1.54, 1.807) is 6.07 Å². The molecule has 3 aromatic heterocycles. The summed E-state index contributed by atoms with van der Waals surface area (Å²) in [6, 6.07) is 3.18. The van der Waals surface area contributed by atoms with Gasteiger partial charge in [0.2, 0.25) is 11.6 Å². The number of amides is 1. The summed E-state index contributed by atoms with van der Waals surface area (Å²) < 4.78 is 27.8. The van der Waals surface area contributed by atoms with Crippen LogP contribution in [0.5, 0.6) is 0 Å². The SMILES string of the molecule is O=C(c1ccc(-c2nn[nH]n2)cn1)N1CCn2c(nnc2C(F)(F)Cl)C1. The topological polar surface area (TPSA) is 118 Å². The summed E-state index contributed by atoms with van der Waals surface area (Å²) in [6.07, 6.45) is 1.46. The van der Waals surface area contributed by atoms with Gasteiger partial charge < -0.3 is 9.47 Å². The van der Waals surface area contributed by atoms with E-state index in [0.29, 0.717) is 11.4 Å². The molecule has 0 unspecified atom stereocenters. The zero-order valence-corrected chi connectivity index (χ0v) is 13.7. The van der Waals surface area contributed by atoms with E-state index in [0.717, 1.165) is 0 Å². The lowest BCUT2D eigenvalue weighted by molar-refractivity contribution is 0.0657. The Balaban J connectivity index is 1.52. The van der Waals surface area contributed by atoms with Gasteiger partial charge in [-0.05, 0) is 28.9 Å². The molecule has 0 spiro atoms. The lowest BCUT2D eigenvalue weighted by Gasteiger charge is -2.27. The van der Waals surface area contributed by atoms with Crippen LogP contribution < -0.4 is 0 Å². The number of fused-ring (bicyclic) bond motifs is 1. The first-order valence-electron chi connectivity index (χ1n) is 7.42. The van der Waals surface area contributed by atoms with Crippen LogP contribution in [0.3, 0.4) is 0 Å². The van der Waals surface area contributed by atoms with Crippen molar-refractivity contribution in [1.82, 2.24) is 45.3 Å². The Morgan fingerprint density at radius 2 is 2.08 bits per heavy atom. The van der Waals surface area contributed by atoms with E-state index in [9.17, 15) is 13.6 Å². The van der Waals surface area contributed by atoms with E-state index in [4.69, 9.17) is 11.6 Å². The Morgan fingerprint density at radius 3 is 2.73 bits per heavy atom. The molecule has 0 fully saturated rings. The monoisotopic (exact) mass is 381 g/mol. The van der Waals surface area contributed by atoms with Gasteiger partial charge in [0.25, 0.3) is 5.91 Å². The summed E-state index contributed by atoms with van der Waals surface area (Å²) in [5.41, 5.74) is 0.802. The maximum atomic E-state index is 13.3. The number of aromatic nitrogens is 8. The third-order valence-electron chi connectivity index (χ3n) is 3.88. The van der Waals surface area contributed by atoms with E-state index in [2.05, 4.69) is 35.8 Å². The minimum Gasteiger partial charge on any atom is -0.328 e. The van der Waals surface area contributed by atoms with Crippen molar-refractivity contribution >= 4 is 17.5 Å². The Kier molecular flexibility index (Phi) is 3.83. The molecule has 3 aromatic rings. The minimum absolute atomic E-state index is 0.0348. The molecule has 13 heteroatoms. The van der Waals surface area contributed by atoms with E-state index < -0.39 is 11.2 Å². The molecule has 1 aliphatic rings. The highest BCUT2D eigenvalue weighted by Crippen LogP contribution is 2.32. The molecule has 0 bridgehead atoms. The van der Waals surface area contributed by atoms with Gasteiger partial charge in [-0.1, -0.05) is 0 Å². The highest BCUT2D eigenvalue weighted by atomic mass is 35.5. The number of H-pyrrole nitrogens is 1. The van der Waals surface area contributed by atoms with Crippen molar-refractivity contribution in [2.75, 3.05) is 6.54 Å². The maximum Gasteiger partial charge on any atom is 0.381 e. The fourth-order valence-electron chi connectivity index (χ4n) is 2.64. The van der Waals surface area contributed by atoms with Gasteiger partial charge in [0.05, 0.1) is 6.54 Å². The van der Waals surface area contributed by atoms with Gasteiger partial charge in [0.15, 0.2) is 5.82 Å². The Bertz CT molecular complexity index is 936. The molecule has 0 saturated heterocycles. The molecule has 0 aromatic carbocycles. The summed E-state index contributed by atoms with van der Waals surface area (Å²) in [5, 5.41) is 17.0. The number of pyridine rings is 1. The van der Waals surface area contributed by atoms with Crippen LogP contribution in [0, 0.1) is 0 Å². The summed E-state index contributed by atoms with van der Waals surface area (Å²) >= 11 is 5.02. The van der Waals surface area contributed by atoms with Crippen LogP contribution in [0.15, 0.2) is 18.3 Å². The minimum atomic E-state index is -3.61. The second-order valence-electron chi connectivity index (χ2n) is 5.48. The predicted molar refractivity (Wildman–Crippen MR) is 81.9 cm³/mol. The fraction of sp³-hybridized carbons (Fsp3) is 0.308. The van der Waals surface area contributed by atoms with Gasteiger partial charge in [0.1, 0.15) is 5.69 Å². The standard InChI is InChI=1S/C13H10ClF2N9O/c14-13(15,16)12-21-18-9-6-24(3-4-25(9)12)11(26)8-2-1-7(5-17-8)10-19-22-23-20-10/h1-2,5H,3-4,6H2,(H,19,20,22,23). The number of aromatic amines is 1. The Hall–Kier alpha value is -3.02. The second kappa shape index (κ2) is 6.05. The highest BCUT2D eigenvalue weighted by Gasteiger charge is 2.37. The predicted octanol–water partition coefficient (Wildman–Crippen LogP) is 0.797. The number of tetrazole rings is 1. The molecular formula is C13H10ClF2N9O. The summed E-state index contributed by atoms with van der Waals surface area (Å²) in [5.74, 6) is -0.373. The number of carbonyl (C=O) groups excluding carboxylic acids is 1. The molecule has 26 heavy (non-hydrogen) atoms. The molecule has 134 valence electrons. The number of nitrogens with zero attached hydrogens (tertiary/aromatic N) is 8. The highest BCUT2D eigenvalue weighted by molar-refractivity contribution is 6.21.